The topological polar surface area (TPSA) is 53.1 Å². The number of aromatic hydroxyl groups is 1. The first kappa shape index (κ1) is 10.5. The van der Waals surface area contributed by atoms with E-state index >= 15 is 0 Å². The highest BCUT2D eigenvalue weighted by atomic mass is 16.3. The third kappa shape index (κ3) is 2.31. The quantitative estimate of drug-likeness (QED) is 0.804. The van der Waals surface area contributed by atoms with E-state index in [-0.39, 0.29) is 11.3 Å². The fourth-order valence-electron chi connectivity index (χ4n) is 1.63. The fourth-order valence-corrected chi connectivity index (χ4v) is 1.63. The fraction of sp³-hybridized carbons (Fsp3) is 0.154. The maximum absolute atomic E-state index is 11.1. The molecule has 3 nitrogen and oxygen atoms in total. The Morgan fingerprint density at radius 1 is 1.12 bits per heavy atom. The molecule has 1 heterocycles. The van der Waals surface area contributed by atoms with Gasteiger partial charge < -0.3 is 10.1 Å². The summed E-state index contributed by atoms with van der Waals surface area (Å²) in [6.07, 6.45) is 0.753. The summed E-state index contributed by atoms with van der Waals surface area (Å²) in [6.45, 7) is 1.89. The highest BCUT2D eigenvalue weighted by Gasteiger charge is 2.00. The number of hydrogen-bond acceptors (Lipinski definition) is 2. The SMILES string of the molecule is Cc1[nH]c(=O)ccc1Cc1ccc(O)cc1. The van der Waals surface area contributed by atoms with Crippen molar-refractivity contribution in [3.8, 4) is 5.75 Å². The smallest absolute Gasteiger partial charge is 0.248 e. The van der Waals surface area contributed by atoms with Gasteiger partial charge in [-0.25, -0.2) is 0 Å². The summed E-state index contributed by atoms with van der Waals surface area (Å²) in [5.74, 6) is 0.266. The van der Waals surface area contributed by atoms with Crippen molar-refractivity contribution in [3.05, 3.63) is 63.6 Å². The van der Waals surface area contributed by atoms with Crippen LogP contribution in [-0.2, 0) is 6.42 Å². The lowest BCUT2D eigenvalue weighted by Gasteiger charge is -2.05. The van der Waals surface area contributed by atoms with Gasteiger partial charge in [-0.2, -0.15) is 0 Å². The zero-order valence-electron chi connectivity index (χ0n) is 9.03. The minimum Gasteiger partial charge on any atom is -0.508 e. The van der Waals surface area contributed by atoms with Crippen LogP contribution in [0.3, 0.4) is 0 Å². The molecule has 1 aromatic heterocycles. The standard InChI is InChI=1S/C13H13NO2/c1-9-11(4-7-13(16)14-9)8-10-2-5-12(15)6-3-10/h2-7,15H,8H2,1H3,(H,14,16). The van der Waals surface area contributed by atoms with E-state index < -0.39 is 0 Å². The van der Waals surface area contributed by atoms with Crippen LogP contribution in [0.2, 0.25) is 0 Å². The van der Waals surface area contributed by atoms with E-state index in [9.17, 15) is 4.79 Å². The molecule has 0 saturated carbocycles. The Balaban J connectivity index is 2.27. The van der Waals surface area contributed by atoms with Gasteiger partial charge in [-0.05, 0) is 36.6 Å². The van der Waals surface area contributed by atoms with Gasteiger partial charge in [0.15, 0.2) is 0 Å². The number of rotatable bonds is 2. The van der Waals surface area contributed by atoms with E-state index in [0.717, 1.165) is 23.2 Å². The van der Waals surface area contributed by atoms with Gasteiger partial charge in [0.2, 0.25) is 5.56 Å². The molecule has 0 saturated heterocycles. The first-order valence-electron chi connectivity index (χ1n) is 5.12. The molecule has 0 aliphatic carbocycles. The summed E-state index contributed by atoms with van der Waals surface area (Å²) in [5, 5.41) is 9.17. The second-order valence-electron chi connectivity index (χ2n) is 3.82. The number of aromatic nitrogens is 1. The zero-order chi connectivity index (χ0) is 11.5. The lowest BCUT2D eigenvalue weighted by atomic mass is 10.0. The van der Waals surface area contributed by atoms with Crippen molar-refractivity contribution >= 4 is 0 Å². The number of pyridine rings is 1. The Labute approximate surface area is 93.4 Å². The molecule has 0 aliphatic heterocycles. The van der Waals surface area contributed by atoms with Crippen LogP contribution >= 0.6 is 0 Å². The van der Waals surface area contributed by atoms with Crippen molar-refractivity contribution in [3.63, 3.8) is 0 Å². The average molecular weight is 215 g/mol. The molecule has 2 aromatic rings. The number of aromatic amines is 1. The number of hydrogen-bond donors (Lipinski definition) is 2. The predicted octanol–water partition coefficient (Wildman–Crippen LogP) is 1.98. The van der Waals surface area contributed by atoms with Crippen molar-refractivity contribution in [2.24, 2.45) is 0 Å². The Morgan fingerprint density at radius 2 is 1.81 bits per heavy atom. The van der Waals surface area contributed by atoms with Crippen LogP contribution in [-0.4, -0.2) is 10.1 Å². The Morgan fingerprint density at radius 3 is 2.44 bits per heavy atom. The molecule has 1 aromatic carbocycles. The second-order valence-corrected chi connectivity index (χ2v) is 3.82. The number of phenols is 1. The summed E-state index contributed by atoms with van der Waals surface area (Å²) in [6, 6.07) is 10.4. The van der Waals surface area contributed by atoms with E-state index in [0.29, 0.717) is 0 Å². The first-order chi connectivity index (χ1) is 7.65. The normalized spacial score (nSPS) is 10.3. The van der Waals surface area contributed by atoms with Gasteiger partial charge in [0, 0.05) is 11.8 Å². The Bertz CT molecular complexity index is 541. The average Bonchev–Trinajstić information content (AvgIpc) is 2.25. The van der Waals surface area contributed by atoms with Gasteiger partial charge in [-0.1, -0.05) is 18.2 Å². The highest BCUT2D eigenvalue weighted by molar-refractivity contribution is 5.31. The molecule has 0 bridgehead atoms. The van der Waals surface area contributed by atoms with Crippen LogP contribution in [0.15, 0.2) is 41.2 Å². The first-order valence-corrected chi connectivity index (χ1v) is 5.12. The molecule has 0 radical (unpaired) electrons. The molecule has 0 amide bonds. The van der Waals surface area contributed by atoms with Crippen LogP contribution < -0.4 is 5.56 Å². The molecule has 0 aliphatic rings. The molecular weight excluding hydrogens is 202 g/mol. The van der Waals surface area contributed by atoms with Crippen LogP contribution in [0.4, 0.5) is 0 Å². The van der Waals surface area contributed by atoms with Gasteiger partial charge in [0.1, 0.15) is 5.75 Å². The maximum atomic E-state index is 11.1. The minimum absolute atomic E-state index is 0.0769. The summed E-state index contributed by atoms with van der Waals surface area (Å²) < 4.78 is 0. The number of aryl methyl sites for hydroxylation is 1. The van der Waals surface area contributed by atoms with Gasteiger partial charge in [-0.3, -0.25) is 4.79 Å². The third-order valence-corrected chi connectivity index (χ3v) is 2.56. The molecule has 0 unspecified atom stereocenters. The number of H-pyrrole nitrogens is 1. The van der Waals surface area contributed by atoms with E-state index in [2.05, 4.69) is 4.98 Å². The van der Waals surface area contributed by atoms with E-state index in [1.54, 1.807) is 12.1 Å². The van der Waals surface area contributed by atoms with Crippen molar-refractivity contribution < 1.29 is 5.11 Å². The van der Waals surface area contributed by atoms with Crippen LogP contribution in [0.5, 0.6) is 5.75 Å². The predicted molar refractivity (Wildman–Crippen MR) is 62.7 cm³/mol. The highest BCUT2D eigenvalue weighted by Crippen LogP contribution is 2.14. The molecule has 3 heteroatoms. The van der Waals surface area contributed by atoms with Crippen LogP contribution in [0.25, 0.3) is 0 Å². The molecule has 16 heavy (non-hydrogen) atoms. The summed E-state index contributed by atoms with van der Waals surface area (Å²) in [4.78, 5) is 13.8. The van der Waals surface area contributed by atoms with Gasteiger partial charge in [0.05, 0.1) is 0 Å². The van der Waals surface area contributed by atoms with Crippen LogP contribution in [0.1, 0.15) is 16.8 Å². The number of benzene rings is 1. The summed E-state index contributed by atoms with van der Waals surface area (Å²) in [5.41, 5.74) is 3.01. The maximum Gasteiger partial charge on any atom is 0.248 e. The molecule has 0 atom stereocenters. The van der Waals surface area contributed by atoms with Gasteiger partial charge in [-0.15, -0.1) is 0 Å². The molecule has 2 rings (SSSR count). The van der Waals surface area contributed by atoms with E-state index in [1.807, 2.05) is 25.1 Å². The van der Waals surface area contributed by atoms with Gasteiger partial charge in [0.25, 0.3) is 0 Å². The lowest BCUT2D eigenvalue weighted by Crippen LogP contribution is -2.07. The summed E-state index contributed by atoms with van der Waals surface area (Å²) in [7, 11) is 0. The molecular formula is C13H13NO2. The Hall–Kier alpha value is -2.03. The zero-order valence-corrected chi connectivity index (χ0v) is 9.03. The molecule has 0 fully saturated rings. The largest absolute Gasteiger partial charge is 0.508 e. The lowest BCUT2D eigenvalue weighted by molar-refractivity contribution is 0.475. The van der Waals surface area contributed by atoms with E-state index in [1.165, 1.54) is 6.07 Å². The van der Waals surface area contributed by atoms with Gasteiger partial charge >= 0.3 is 0 Å². The van der Waals surface area contributed by atoms with Crippen molar-refractivity contribution in [1.82, 2.24) is 4.98 Å². The number of phenolic OH excluding ortho intramolecular Hbond substituents is 1. The van der Waals surface area contributed by atoms with Crippen molar-refractivity contribution in [2.75, 3.05) is 0 Å². The second kappa shape index (κ2) is 4.23. The van der Waals surface area contributed by atoms with Crippen LogP contribution in [0, 0.1) is 6.92 Å². The summed E-state index contributed by atoms with van der Waals surface area (Å²) >= 11 is 0. The number of nitrogens with one attached hydrogen (secondary N) is 1. The molecule has 82 valence electrons. The van der Waals surface area contributed by atoms with Crippen molar-refractivity contribution in [2.45, 2.75) is 13.3 Å². The Kier molecular flexibility index (Phi) is 2.77. The third-order valence-electron chi connectivity index (χ3n) is 2.56. The molecule has 0 spiro atoms. The van der Waals surface area contributed by atoms with Crippen molar-refractivity contribution in [1.29, 1.82) is 0 Å². The van der Waals surface area contributed by atoms with E-state index in [4.69, 9.17) is 5.11 Å². The monoisotopic (exact) mass is 215 g/mol. The minimum atomic E-state index is -0.0769. The molecule has 2 N–H and O–H groups in total.